The third-order valence-electron chi connectivity index (χ3n) is 3.06. The normalized spacial score (nSPS) is 10.8. The molecule has 1 aromatic carbocycles. The van der Waals surface area contributed by atoms with Crippen molar-refractivity contribution >= 4 is 41.5 Å². The van der Waals surface area contributed by atoms with Crippen LogP contribution in [0.3, 0.4) is 0 Å². The molecular formula is C17H29IN4O2. The molecule has 0 aliphatic heterocycles. The largest absolute Gasteiger partial charge is 0.492 e. The molecule has 0 radical (unpaired) electrons. The van der Waals surface area contributed by atoms with Crippen molar-refractivity contribution in [1.82, 2.24) is 10.6 Å². The van der Waals surface area contributed by atoms with Gasteiger partial charge < -0.3 is 20.7 Å². The van der Waals surface area contributed by atoms with Crippen molar-refractivity contribution in [2.24, 2.45) is 10.9 Å². The van der Waals surface area contributed by atoms with E-state index in [4.69, 9.17) is 4.74 Å². The average molecular weight is 448 g/mol. The molecule has 0 fully saturated rings. The molecule has 0 bridgehead atoms. The molecule has 7 heteroatoms. The van der Waals surface area contributed by atoms with E-state index in [0.29, 0.717) is 19.1 Å². The second kappa shape index (κ2) is 12.9. The lowest BCUT2D eigenvalue weighted by molar-refractivity contribution is -0.114. The number of hydrogen-bond donors (Lipinski definition) is 3. The summed E-state index contributed by atoms with van der Waals surface area (Å²) in [5, 5.41) is 9.20. The Morgan fingerprint density at radius 2 is 1.96 bits per heavy atom. The fourth-order valence-electron chi connectivity index (χ4n) is 1.91. The second-order valence-corrected chi connectivity index (χ2v) is 5.67. The first-order chi connectivity index (χ1) is 11.0. The standard InChI is InChI=1S/C17H28N4O2.HI/c1-13(2)8-9-19-17(18-4)20-10-11-23-16-7-5-6-15(12-16)21-14(3)22;/h5-7,12-13H,8-11H2,1-4H3,(H,21,22)(H2,18,19,20);1H. The number of guanidine groups is 1. The number of nitrogens with zero attached hydrogens (tertiary/aromatic N) is 1. The number of halogens is 1. The van der Waals surface area contributed by atoms with Crippen LogP contribution in [0.4, 0.5) is 5.69 Å². The summed E-state index contributed by atoms with van der Waals surface area (Å²) in [6, 6.07) is 7.34. The number of nitrogens with one attached hydrogen (secondary N) is 3. The quantitative estimate of drug-likeness (QED) is 0.248. The highest BCUT2D eigenvalue weighted by molar-refractivity contribution is 14.0. The lowest BCUT2D eigenvalue weighted by Gasteiger charge is -2.13. The summed E-state index contributed by atoms with van der Waals surface area (Å²) >= 11 is 0. The fraction of sp³-hybridized carbons (Fsp3) is 0.529. The van der Waals surface area contributed by atoms with E-state index in [0.717, 1.165) is 30.4 Å². The molecule has 0 aliphatic carbocycles. The number of rotatable bonds is 8. The third kappa shape index (κ3) is 10.3. The van der Waals surface area contributed by atoms with Crippen LogP contribution in [0.15, 0.2) is 29.3 Å². The Balaban J connectivity index is 0.00000529. The molecule has 0 atom stereocenters. The monoisotopic (exact) mass is 448 g/mol. The van der Waals surface area contributed by atoms with Crippen molar-refractivity contribution in [3.05, 3.63) is 24.3 Å². The van der Waals surface area contributed by atoms with Gasteiger partial charge in [-0.1, -0.05) is 19.9 Å². The SMILES string of the molecule is CN=C(NCCOc1cccc(NC(C)=O)c1)NCCC(C)C.I. The number of benzene rings is 1. The first-order valence-corrected chi connectivity index (χ1v) is 7.96. The summed E-state index contributed by atoms with van der Waals surface area (Å²) in [4.78, 5) is 15.2. The summed E-state index contributed by atoms with van der Waals surface area (Å²) in [7, 11) is 1.75. The summed E-state index contributed by atoms with van der Waals surface area (Å²) in [5.74, 6) is 2.07. The van der Waals surface area contributed by atoms with Crippen LogP contribution in [0.5, 0.6) is 5.75 Å². The van der Waals surface area contributed by atoms with Crippen LogP contribution in [0.25, 0.3) is 0 Å². The molecule has 0 saturated carbocycles. The van der Waals surface area contributed by atoms with Crippen LogP contribution in [0.2, 0.25) is 0 Å². The predicted molar refractivity (Wildman–Crippen MR) is 110 cm³/mol. The molecule has 0 saturated heterocycles. The molecule has 0 heterocycles. The van der Waals surface area contributed by atoms with Crippen LogP contribution >= 0.6 is 24.0 Å². The van der Waals surface area contributed by atoms with Crippen molar-refractivity contribution in [3.8, 4) is 5.75 Å². The molecule has 1 amide bonds. The van der Waals surface area contributed by atoms with Gasteiger partial charge in [-0.15, -0.1) is 24.0 Å². The van der Waals surface area contributed by atoms with Gasteiger partial charge >= 0.3 is 0 Å². The molecule has 0 aliphatic rings. The molecule has 136 valence electrons. The van der Waals surface area contributed by atoms with E-state index in [1.165, 1.54) is 6.92 Å². The minimum absolute atomic E-state index is 0. The number of anilines is 1. The molecule has 3 N–H and O–H groups in total. The molecule has 24 heavy (non-hydrogen) atoms. The first-order valence-electron chi connectivity index (χ1n) is 7.96. The van der Waals surface area contributed by atoms with Crippen LogP contribution in [0, 0.1) is 5.92 Å². The Bertz CT molecular complexity index is 521. The molecule has 1 aromatic rings. The molecule has 1 rings (SSSR count). The fourth-order valence-corrected chi connectivity index (χ4v) is 1.91. The van der Waals surface area contributed by atoms with Crippen molar-refractivity contribution < 1.29 is 9.53 Å². The molecule has 0 aromatic heterocycles. The van der Waals surface area contributed by atoms with Crippen molar-refractivity contribution in [2.75, 3.05) is 32.1 Å². The summed E-state index contributed by atoms with van der Waals surface area (Å²) in [6.07, 6.45) is 1.10. The Labute approximate surface area is 161 Å². The van der Waals surface area contributed by atoms with Gasteiger partial charge in [0.1, 0.15) is 12.4 Å². The molecular weight excluding hydrogens is 419 g/mol. The maximum Gasteiger partial charge on any atom is 0.221 e. The zero-order valence-electron chi connectivity index (χ0n) is 14.9. The number of carbonyl (C=O) groups excluding carboxylic acids is 1. The highest BCUT2D eigenvalue weighted by atomic mass is 127. The van der Waals surface area contributed by atoms with Gasteiger partial charge in [-0.25, -0.2) is 0 Å². The minimum Gasteiger partial charge on any atom is -0.492 e. The lowest BCUT2D eigenvalue weighted by atomic mass is 10.1. The summed E-state index contributed by atoms with van der Waals surface area (Å²) in [5.41, 5.74) is 0.731. The highest BCUT2D eigenvalue weighted by Gasteiger charge is 2.00. The highest BCUT2D eigenvalue weighted by Crippen LogP contribution is 2.16. The average Bonchev–Trinajstić information content (AvgIpc) is 2.49. The van der Waals surface area contributed by atoms with Crippen molar-refractivity contribution in [2.45, 2.75) is 27.2 Å². The summed E-state index contributed by atoms with van der Waals surface area (Å²) < 4.78 is 5.67. The van der Waals surface area contributed by atoms with Gasteiger partial charge in [0.25, 0.3) is 0 Å². The van der Waals surface area contributed by atoms with E-state index in [1.54, 1.807) is 13.1 Å². The zero-order valence-corrected chi connectivity index (χ0v) is 17.2. The Morgan fingerprint density at radius 1 is 1.25 bits per heavy atom. The predicted octanol–water partition coefficient (Wildman–Crippen LogP) is 2.85. The van der Waals surface area contributed by atoms with E-state index in [9.17, 15) is 4.79 Å². The van der Waals surface area contributed by atoms with Gasteiger partial charge in [0.15, 0.2) is 5.96 Å². The van der Waals surface area contributed by atoms with Crippen molar-refractivity contribution in [1.29, 1.82) is 0 Å². The van der Waals surface area contributed by atoms with E-state index in [1.807, 2.05) is 18.2 Å². The van der Waals surface area contributed by atoms with Gasteiger partial charge in [-0.2, -0.15) is 0 Å². The Hall–Kier alpha value is -1.51. The van der Waals surface area contributed by atoms with Gasteiger partial charge in [0.05, 0.1) is 6.54 Å². The number of amides is 1. The Morgan fingerprint density at radius 3 is 2.58 bits per heavy atom. The number of hydrogen-bond acceptors (Lipinski definition) is 3. The molecule has 0 spiro atoms. The number of ether oxygens (including phenoxy) is 1. The van der Waals surface area contributed by atoms with Gasteiger partial charge in [-0.3, -0.25) is 9.79 Å². The van der Waals surface area contributed by atoms with Crippen molar-refractivity contribution in [3.63, 3.8) is 0 Å². The maximum atomic E-state index is 11.0. The van der Waals surface area contributed by atoms with Gasteiger partial charge in [0, 0.05) is 32.3 Å². The smallest absolute Gasteiger partial charge is 0.221 e. The minimum atomic E-state index is -0.0971. The number of aliphatic imine (C=N–C) groups is 1. The molecule has 6 nitrogen and oxygen atoms in total. The summed E-state index contributed by atoms with van der Waals surface area (Å²) in [6.45, 7) is 7.92. The van der Waals surface area contributed by atoms with Crippen LogP contribution in [-0.4, -0.2) is 38.6 Å². The van der Waals surface area contributed by atoms with E-state index >= 15 is 0 Å². The van der Waals surface area contributed by atoms with Gasteiger partial charge in [0.2, 0.25) is 5.91 Å². The van der Waals surface area contributed by atoms with E-state index < -0.39 is 0 Å². The van der Waals surface area contributed by atoms with Crippen LogP contribution in [-0.2, 0) is 4.79 Å². The van der Waals surface area contributed by atoms with E-state index in [-0.39, 0.29) is 29.9 Å². The zero-order chi connectivity index (χ0) is 17.1. The lowest BCUT2D eigenvalue weighted by Crippen LogP contribution is -2.39. The second-order valence-electron chi connectivity index (χ2n) is 5.67. The first kappa shape index (κ1) is 22.5. The number of carbonyl (C=O) groups is 1. The van der Waals surface area contributed by atoms with Crippen LogP contribution < -0.4 is 20.7 Å². The van der Waals surface area contributed by atoms with E-state index in [2.05, 4.69) is 34.8 Å². The van der Waals surface area contributed by atoms with Crippen LogP contribution in [0.1, 0.15) is 27.2 Å². The van der Waals surface area contributed by atoms with Gasteiger partial charge in [-0.05, 0) is 24.5 Å². The molecule has 0 unspecified atom stereocenters. The maximum absolute atomic E-state index is 11.0. The third-order valence-corrected chi connectivity index (χ3v) is 3.06. The Kier molecular flexibility index (Phi) is 12.0. The topological polar surface area (TPSA) is 74.8 Å².